The topological polar surface area (TPSA) is 69.6 Å². The summed E-state index contributed by atoms with van der Waals surface area (Å²) in [7, 11) is 0. The quantitative estimate of drug-likeness (QED) is 0.743. The van der Waals surface area contributed by atoms with Crippen LogP contribution in [0.4, 0.5) is 0 Å². The van der Waals surface area contributed by atoms with Crippen LogP contribution in [0, 0.1) is 6.92 Å². The summed E-state index contributed by atoms with van der Waals surface area (Å²) in [6.07, 6.45) is 7.05. The van der Waals surface area contributed by atoms with Crippen LogP contribution in [0.15, 0.2) is 24.8 Å². The molecule has 2 aromatic rings. The summed E-state index contributed by atoms with van der Waals surface area (Å²) in [5, 5.41) is 4.10. The number of nitrogens with zero attached hydrogens (tertiary/aromatic N) is 4. The normalized spacial score (nSPS) is 10.4. The van der Waals surface area contributed by atoms with Crippen molar-refractivity contribution < 1.29 is 0 Å². The van der Waals surface area contributed by atoms with Gasteiger partial charge in [0.2, 0.25) is 5.95 Å². The molecule has 0 aromatic carbocycles. The molecule has 0 bridgehead atoms. The average Bonchev–Trinajstić information content (AvgIpc) is 2.65. The highest BCUT2D eigenvalue weighted by Gasteiger charge is 2.00. The maximum Gasteiger partial charge on any atom is 0.250 e. The highest BCUT2D eigenvalue weighted by Crippen LogP contribution is 2.02. The third kappa shape index (κ3) is 1.62. The van der Waals surface area contributed by atoms with Crippen LogP contribution in [-0.4, -0.2) is 19.7 Å². The second-order valence-corrected chi connectivity index (χ2v) is 3.06. The molecule has 2 rings (SSSR count). The van der Waals surface area contributed by atoms with Crippen molar-refractivity contribution in [1.82, 2.24) is 19.7 Å². The molecule has 2 N–H and O–H groups in total. The molecule has 0 radical (unpaired) electrons. The van der Waals surface area contributed by atoms with Gasteiger partial charge in [-0.2, -0.15) is 5.10 Å². The maximum absolute atomic E-state index is 5.44. The molecule has 2 heterocycles. The first-order chi connectivity index (χ1) is 6.79. The van der Waals surface area contributed by atoms with Crippen molar-refractivity contribution in [2.75, 3.05) is 0 Å². The molecule has 5 nitrogen and oxygen atoms in total. The van der Waals surface area contributed by atoms with E-state index in [-0.39, 0.29) is 0 Å². The van der Waals surface area contributed by atoms with Crippen molar-refractivity contribution in [3.8, 4) is 5.95 Å². The van der Waals surface area contributed by atoms with Crippen LogP contribution in [0.25, 0.3) is 5.95 Å². The molecule has 0 saturated heterocycles. The van der Waals surface area contributed by atoms with Crippen LogP contribution in [-0.2, 0) is 6.54 Å². The molecule has 0 unspecified atom stereocenters. The SMILES string of the molecule is Cc1cnn(-c2ncc(CN)cn2)c1. The summed E-state index contributed by atoms with van der Waals surface area (Å²) in [5.74, 6) is 0.565. The van der Waals surface area contributed by atoms with Gasteiger partial charge in [0.25, 0.3) is 0 Å². The summed E-state index contributed by atoms with van der Waals surface area (Å²) >= 11 is 0. The van der Waals surface area contributed by atoms with Crippen LogP contribution in [0.2, 0.25) is 0 Å². The highest BCUT2D eigenvalue weighted by atomic mass is 15.3. The fraction of sp³-hybridized carbons (Fsp3) is 0.222. The molecule has 0 atom stereocenters. The smallest absolute Gasteiger partial charge is 0.250 e. The van der Waals surface area contributed by atoms with Crippen LogP contribution in [0.3, 0.4) is 0 Å². The van der Waals surface area contributed by atoms with E-state index in [2.05, 4.69) is 15.1 Å². The summed E-state index contributed by atoms with van der Waals surface area (Å²) < 4.78 is 1.63. The second kappa shape index (κ2) is 3.55. The fourth-order valence-electron chi connectivity index (χ4n) is 1.09. The Morgan fingerprint density at radius 1 is 1.29 bits per heavy atom. The van der Waals surface area contributed by atoms with Crippen molar-refractivity contribution in [3.05, 3.63) is 35.9 Å². The Bertz CT molecular complexity index is 417. The van der Waals surface area contributed by atoms with E-state index < -0.39 is 0 Å². The number of hydrogen-bond donors (Lipinski definition) is 1. The summed E-state index contributed by atoms with van der Waals surface area (Å²) in [6.45, 7) is 2.43. The zero-order valence-corrected chi connectivity index (χ0v) is 7.88. The van der Waals surface area contributed by atoms with Gasteiger partial charge in [0.1, 0.15) is 0 Å². The van der Waals surface area contributed by atoms with Crippen molar-refractivity contribution in [2.24, 2.45) is 5.73 Å². The molecule has 14 heavy (non-hydrogen) atoms. The fourth-order valence-corrected chi connectivity index (χ4v) is 1.09. The Hall–Kier alpha value is -1.75. The summed E-state index contributed by atoms with van der Waals surface area (Å²) in [6, 6.07) is 0. The van der Waals surface area contributed by atoms with Crippen molar-refractivity contribution >= 4 is 0 Å². The minimum Gasteiger partial charge on any atom is -0.326 e. The van der Waals surface area contributed by atoms with Crippen LogP contribution < -0.4 is 5.73 Å². The van der Waals surface area contributed by atoms with E-state index in [1.807, 2.05) is 13.1 Å². The first-order valence-electron chi connectivity index (χ1n) is 4.32. The Morgan fingerprint density at radius 3 is 2.50 bits per heavy atom. The van der Waals surface area contributed by atoms with Gasteiger partial charge in [0.05, 0.1) is 6.20 Å². The zero-order valence-electron chi connectivity index (χ0n) is 7.88. The number of aryl methyl sites for hydroxylation is 1. The first-order valence-corrected chi connectivity index (χ1v) is 4.32. The van der Waals surface area contributed by atoms with E-state index in [0.29, 0.717) is 12.5 Å². The number of hydrogen-bond acceptors (Lipinski definition) is 4. The van der Waals surface area contributed by atoms with E-state index >= 15 is 0 Å². The van der Waals surface area contributed by atoms with E-state index in [1.165, 1.54) is 0 Å². The van der Waals surface area contributed by atoms with Gasteiger partial charge in [-0.1, -0.05) is 0 Å². The van der Waals surface area contributed by atoms with Gasteiger partial charge in [0, 0.05) is 30.7 Å². The second-order valence-electron chi connectivity index (χ2n) is 3.06. The predicted molar refractivity (Wildman–Crippen MR) is 51.8 cm³/mol. The molecule has 0 aliphatic heterocycles. The first kappa shape index (κ1) is 8.83. The largest absolute Gasteiger partial charge is 0.326 e. The third-order valence-electron chi connectivity index (χ3n) is 1.84. The van der Waals surface area contributed by atoms with Gasteiger partial charge in [-0.25, -0.2) is 14.6 Å². The Labute approximate surface area is 81.6 Å². The van der Waals surface area contributed by atoms with Crippen molar-refractivity contribution in [2.45, 2.75) is 13.5 Å². The van der Waals surface area contributed by atoms with E-state index in [9.17, 15) is 0 Å². The molecule has 0 aliphatic carbocycles. The van der Waals surface area contributed by atoms with Crippen LogP contribution in [0.5, 0.6) is 0 Å². The Kier molecular flexibility index (Phi) is 2.24. The van der Waals surface area contributed by atoms with E-state index in [4.69, 9.17) is 5.73 Å². The molecule has 0 aliphatic rings. The van der Waals surface area contributed by atoms with Crippen molar-refractivity contribution in [1.29, 1.82) is 0 Å². The van der Waals surface area contributed by atoms with Crippen LogP contribution >= 0.6 is 0 Å². The number of rotatable bonds is 2. The molecule has 2 aromatic heterocycles. The van der Waals surface area contributed by atoms with Gasteiger partial charge in [-0.15, -0.1) is 0 Å². The minimum absolute atomic E-state index is 0.457. The van der Waals surface area contributed by atoms with Gasteiger partial charge in [-0.3, -0.25) is 0 Å². The molecule has 72 valence electrons. The van der Waals surface area contributed by atoms with E-state index in [0.717, 1.165) is 11.1 Å². The molecular formula is C9H11N5. The van der Waals surface area contributed by atoms with Gasteiger partial charge >= 0.3 is 0 Å². The summed E-state index contributed by atoms with van der Waals surface area (Å²) in [5.41, 5.74) is 7.43. The monoisotopic (exact) mass is 189 g/mol. The standard InChI is InChI=1S/C9H11N5/c1-7-3-13-14(6-7)9-11-4-8(2-10)5-12-9/h3-6H,2,10H2,1H3. The Balaban J connectivity index is 2.33. The molecule has 0 amide bonds. The molecular weight excluding hydrogens is 178 g/mol. The molecule has 0 fully saturated rings. The van der Waals surface area contributed by atoms with Gasteiger partial charge in [-0.05, 0) is 12.5 Å². The van der Waals surface area contributed by atoms with Gasteiger partial charge < -0.3 is 5.73 Å². The average molecular weight is 189 g/mol. The van der Waals surface area contributed by atoms with Gasteiger partial charge in [0.15, 0.2) is 0 Å². The highest BCUT2D eigenvalue weighted by molar-refractivity contribution is 5.15. The van der Waals surface area contributed by atoms with Crippen molar-refractivity contribution in [3.63, 3.8) is 0 Å². The maximum atomic E-state index is 5.44. The minimum atomic E-state index is 0.457. The zero-order chi connectivity index (χ0) is 9.97. The lowest BCUT2D eigenvalue weighted by atomic mass is 10.3. The molecule has 5 heteroatoms. The predicted octanol–water partition coefficient (Wildman–Crippen LogP) is 0.429. The number of aromatic nitrogens is 4. The Morgan fingerprint density at radius 2 is 2.00 bits per heavy atom. The molecule has 0 saturated carbocycles. The summed E-state index contributed by atoms with van der Waals surface area (Å²) in [4.78, 5) is 8.28. The lowest BCUT2D eigenvalue weighted by Crippen LogP contribution is -2.04. The number of nitrogens with two attached hydrogens (primary N) is 1. The molecule has 0 spiro atoms. The van der Waals surface area contributed by atoms with E-state index in [1.54, 1.807) is 23.3 Å². The lowest BCUT2D eigenvalue weighted by molar-refractivity contribution is 0.800. The third-order valence-corrected chi connectivity index (χ3v) is 1.84. The lowest BCUT2D eigenvalue weighted by Gasteiger charge is -1.99. The van der Waals surface area contributed by atoms with Crippen LogP contribution in [0.1, 0.15) is 11.1 Å².